The number of carbonyl (C=O) groups excluding carboxylic acids is 2. The zero-order valence-electron chi connectivity index (χ0n) is 12.5. The molecule has 3 amide bonds. The first kappa shape index (κ1) is 14.7. The topological polar surface area (TPSA) is 87.2 Å². The number of rotatable bonds is 5. The van der Waals surface area contributed by atoms with Gasteiger partial charge in [0.2, 0.25) is 5.91 Å². The molecule has 1 aromatic heterocycles. The predicted molar refractivity (Wildman–Crippen MR) is 80.0 cm³/mol. The summed E-state index contributed by atoms with van der Waals surface area (Å²) in [6.45, 7) is 1.23. The van der Waals surface area contributed by atoms with E-state index in [-0.39, 0.29) is 18.0 Å². The average molecular weight is 303 g/mol. The first-order chi connectivity index (χ1) is 10.7. The van der Waals surface area contributed by atoms with Gasteiger partial charge in [-0.2, -0.15) is 0 Å². The van der Waals surface area contributed by atoms with Gasteiger partial charge < -0.3 is 15.5 Å². The van der Waals surface area contributed by atoms with Crippen LogP contribution in [0.25, 0.3) is 0 Å². The van der Waals surface area contributed by atoms with Crippen molar-refractivity contribution in [1.82, 2.24) is 25.5 Å². The molecular formula is C15H21N5O2. The predicted octanol–water partition coefficient (Wildman–Crippen LogP) is 0.472. The molecule has 0 radical (unpaired) electrons. The zero-order chi connectivity index (χ0) is 15.4. The molecule has 1 saturated carbocycles. The van der Waals surface area contributed by atoms with Gasteiger partial charge in [0, 0.05) is 44.1 Å². The number of nitrogens with zero attached hydrogens (tertiary/aromatic N) is 3. The standard InChI is InChI=1S/C15H21N5O2/c21-14-13(5-9-20(14)12-2-1-3-12)19-15(22)18-6-4-11-10-16-7-8-17-11/h7-8,10,12-13H,1-6,9H2,(H2,18,19,22). The summed E-state index contributed by atoms with van der Waals surface area (Å²) in [6.07, 6.45) is 9.64. The van der Waals surface area contributed by atoms with Crippen LogP contribution in [0.2, 0.25) is 0 Å². The smallest absolute Gasteiger partial charge is 0.315 e. The highest BCUT2D eigenvalue weighted by molar-refractivity contribution is 5.88. The molecule has 2 heterocycles. The number of carbonyl (C=O) groups is 2. The van der Waals surface area contributed by atoms with Crippen LogP contribution in [0.5, 0.6) is 0 Å². The lowest BCUT2D eigenvalue weighted by Gasteiger charge is -2.34. The molecule has 0 aromatic carbocycles. The van der Waals surface area contributed by atoms with Crippen LogP contribution in [0.3, 0.4) is 0 Å². The Balaban J connectivity index is 1.39. The van der Waals surface area contributed by atoms with Crippen molar-refractivity contribution in [2.45, 2.75) is 44.2 Å². The highest BCUT2D eigenvalue weighted by Gasteiger charge is 2.38. The summed E-state index contributed by atoms with van der Waals surface area (Å²) in [5, 5.41) is 5.53. The molecule has 1 atom stereocenters. The quantitative estimate of drug-likeness (QED) is 0.828. The Hall–Kier alpha value is -2.18. The van der Waals surface area contributed by atoms with Crippen molar-refractivity contribution in [1.29, 1.82) is 0 Å². The molecule has 7 heteroatoms. The van der Waals surface area contributed by atoms with Gasteiger partial charge in [-0.05, 0) is 25.7 Å². The fourth-order valence-electron chi connectivity index (χ4n) is 2.87. The average Bonchev–Trinajstić information content (AvgIpc) is 2.80. The third-order valence-electron chi connectivity index (χ3n) is 4.34. The van der Waals surface area contributed by atoms with Crippen molar-refractivity contribution < 1.29 is 9.59 Å². The van der Waals surface area contributed by atoms with Crippen LogP contribution in [0.15, 0.2) is 18.6 Å². The van der Waals surface area contributed by atoms with Crippen molar-refractivity contribution in [3.05, 3.63) is 24.3 Å². The molecule has 1 unspecified atom stereocenters. The molecule has 1 saturated heterocycles. The van der Waals surface area contributed by atoms with E-state index in [0.717, 1.165) is 25.1 Å². The number of amides is 3. The van der Waals surface area contributed by atoms with Gasteiger partial charge in [0.15, 0.2) is 0 Å². The molecule has 2 aliphatic rings. The minimum absolute atomic E-state index is 0.0637. The number of hydrogen-bond acceptors (Lipinski definition) is 4. The fraction of sp³-hybridized carbons (Fsp3) is 0.600. The van der Waals surface area contributed by atoms with Gasteiger partial charge in [0.25, 0.3) is 0 Å². The van der Waals surface area contributed by atoms with Crippen LogP contribution in [-0.2, 0) is 11.2 Å². The Morgan fingerprint density at radius 1 is 1.32 bits per heavy atom. The zero-order valence-corrected chi connectivity index (χ0v) is 12.5. The third kappa shape index (κ3) is 3.35. The number of urea groups is 1. The Bertz CT molecular complexity index is 532. The minimum atomic E-state index is -0.378. The number of hydrogen-bond donors (Lipinski definition) is 2. The van der Waals surface area contributed by atoms with E-state index < -0.39 is 0 Å². The van der Waals surface area contributed by atoms with Gasteiger partial charge in [-0.1, -0.05) is 0 Å². The summed E-state index contributed by atoms with van der Waals surface area (Å²) in [6, 6.07) is -0.270. The molecule has 0 spiro atoms. The van der Waals surface area contributed by atoms with Crippen LogP contribution in [0.1, 0.15) is 31.4 Å². The summed E-state index contributed by atoms with van der Waals surface area (Å²) >= 11 is 0. The highest BCUT2D eigenvalue weighted by Crippen LogP contribution is 2.28. The first-order valence-electron chi connectivity index (χ1n) is 7.84. The van der Waals surface area contributed by atoms with E-state index in [1.807, 2.05) is 4.90 Å². The molecule has 7 nitrogen and oxygen atoms in total. The van der Waals surface area contributed by atoms with Crippen LogP contribution in [0.4, 0.5) is 4.79 Å². The van der Waals surface area contributed by atoms with Crippen LogP contribution in [-0.4, -0.2) is 52.0 Å². The van der Waals surface area contributed by atoms with Gasteiger partial charge in [0.1, 0.15) is 6.04 Å². The Morgan fingerprint density at radius 2 is 2.18 bits per heavy atom. The van der Waals surface area contributed by atoms with Crippen molar-refractivity contribution in [2.75, 3.05) is 13.1 Å². The second kappa shape index (κ2) is 6.72. The van der Waals surface area contributed by atoms with Gasteiger partial charge in [-0.15, -0.1) is 0 Å². The second-order valence-electron chi connectivity index (χ2n) is 5.80. The number of likely N-dealkylation sites (tertiary alicyclic amines) is 1. The maximum Gasteiger partial charge on any atom is 0.315 e. The van der Waals surface area contributed by atoms with E-state index >= 15 is 0 Å². The molecule has 1 aliphatic carbocycles. The summed E-state index contributed by atoms with van der Waals surface area (Å²) in [7, 11) is 0. The summed E-state index contributed by atoms with van der Waals surface area (Å²) < 4.78 is 0. The number of nitrogens with one attached hydrogen (secondary N) is 2. The van der Waals surface area contributed by atoms with Gasteiger partial charge in [0.05, 0.1) is 5.69 Å². The van der Waals surface area contributed by atoms with E-state index in [2.05, 4.69) is 20.6 Å². The van der Waals surface area contributed by atoms with Crippen LogP contribution < -0.4 is 10.6 Å². The van der Waals surface area contributed by atoms with E-state index in [1.54, 1.807) is 18.6 Å². The normalized spacial score (nSPS) is 21.5. The molecule has 0 bridgehead atoms. The second-order valence-corrected chi connectivity index (χ2v) is 5.80. The summed E-state index contributed by atoms with van der Waals surface area (Å²) in [5.74, 6) is 0.0637. The molecule has 22 heavy (non-hydrogen) atoms. The monoisotopic (exact) mass is 303 g/mol. The molecular weight excluding hydrogens is 282 g/mol. The van der Waals surface area contributed by atoms with Crippen molar-refractivity contribution >= 4 is 11.9 Å². The SMILES string of the molecule is O=C(NCCc1cnccn1)NC1CCN(C2CCC2)C1=O. The lowest BCUT2D eigenvalue weighted by atomic mass is 9.92. The van der Waals surface area contributed by atoms with E-state index in [9.17, 15) is 9.59 Å². The van der Waals surface area contributed by atoms with Crippen molar-refractivity contribution in [2.24, 2.45) is 0 Å². The highest BCUT2D eigenvalue weighted by atomic mass is 16.2. The molecule has 1 aliphatic heterocycles. The van der Waals surface area contributed by atoms with Crippen molar-refractivity contribution in [3.8, 4) is 0 Å². The fourth-order valence-corrected chi connectivity index (χ4v) is 2.87. The largest absolute Gasteiger partial charge is 0.338 e. The first-order valence-corrected chi connectivity index (χ1v) is 7.84. The molecule has 118 valence electrons. The van der Waals surface area contributed by atoms with Crippen LogP contribution in [0, 0.1) is 0 Å². The Labute approximate surface area is 129 Å². The summed E-state index contributed by atoms with van der Waals surface area (Å²) in [5.41, 5.74) is 0.830. The Kier molecular flexibility index (Phi) is 4.50. The van der Waals surface area contributed by atoms with Gasteiger partial charge in [-0.3, -0.25) is 14.8 Å². The lowest BCUT2D eigenvalue weighted by molar-refractivity contribution is -0.132. The van der Waals surface area contributed by atoms with Gasteiger partial charge in [-0.25, -0.2) is 4.79 Å². The van der Waals surface area contributed by atoms with Crippen LogP contribution >= 0.6 is 0 Å². The molecule has 2 fully saturated rings. The summed E-state index contributed by atoms with van der Waals surface area (Å²) in [4.78, 5) is 34.1. The minimum Gasteiger partial charge on any atom is -0.338 e. The third-order valence-corrected chi connectivity index (χ3v) is 4.34. The van der Waals surface area contributed by atoms with Crippen molar-refractivity contribution in [3.63, 3.8) is 0 Å². The van der Waals surface area contributed by atoms with E-state index in [1.165, 1.54) is 6.42 Å². The van der Waals surface area contributed by atoms with E-state index in [4.69, 9.17) is 0 Å². The molecule has 2 N–H and O–H groups in total. The number of aromatic nitrogens is 2. The molecule has 3 rings (SSSR count). The maximum atomic E-state index is 12.2. The lowest BCUT2D eigenvalue weighted by Crippen LogP contribution is -2.49. The Morgan fingerprint density at radius 3 is 2.86 bits per heavy atom. The molecule has 1 aromatic rings. The maximum absolute atomic E-state index is 12.2. The van der Waals surface area contributed by atoms with Gasteiger partial charge >= 0.3 is 6.03 Å². The van der Waals surface area contributed by atoms with E-state index in [0.29, 0.717) is 25.4 Å².